The Balaban J connectivity index is 1.82. The van der Waals surface area contributed by atoms with Gasteiger partial charge in [0.15, 0.2) is 8.32 Å². The van der Waals surface area contributed by atoms with Crippen LogP contribution < -0.4 is 0 Å². The number of rotatable bonds is 3. The second-order valence-electron chi connectivity index (χ2n) is 10.3. The van der Waals surface area contributed by atoms with Gasteiger partial charge in [-0.05, 0) is 67.5 Å². The average molecular weight is 353 g/mol. The molecule has 5 atom stereocenters. The maximum absolute atomic E-state index is 11.5. The molecule has 0 N–H and O–H groups in total. The Kier molecular flexibility index (Phi) is 4.28. The van der Waals surface area contributed by atoms with Gasteiger partial charge >= 0.3 is 5.97 Å². The zero-order valence-electron chi connectivity index (χ0n) is 16.7. The van der Waals surface area contributed by atoms with Crippen LogP contribution in [-0.4, -0.2) is 26.5 Å². The number of carbonyl (C=O) groups excluding carboxylic acids is 1. The minimum atomic E-state index is -1.75. The summed E-state index contributed by atoms with van der Waals surface area (Å²) in [7, 11) is -1.75. The highest BCUT2D eigenvalue weighted by Crippen LogP contribution is 2.72. The number of hydrogen-bond donors (Lipinski definition) is 0. The van der Waals surface area contributed by atoms with Crippen molar-refractivity contribution in [1.82, 2.24) is 0 Å². The third-order valence-corrected chi connectivity index (χ3v) is 12.8. The van der Waals surface area contributed by atoms with Crippen molar-refractivity contribution in [2.45, 2.75) is 103 Å². The molecule has 138 valence electrons. The molecule has 3 nitrogen and oxygen atoms in total. The van der Waals surface area contributed by atoms with E-state index >= 15 is 0 Å². The molecule has 0 radical (unpaired) electrons. The fourth-order valence-electron chi connectivity index (χ4n) is 5.88. The molecule has 0 aromatic carbocycles. The third-order valence-electron chi connectivity index (χ3n) is 8.27. The van der Waals surface area contributed by atoms with Gasteiger partial charge in [0.1, 0.15) is 6.10 Å². The first-order chi connectivity index (χ1) is 10.9. The van der Waals surface area contributed by atoms with Crippen molar-refractivity contribution in [2.75, 3.05) is 0 Å². The lowest BCUT2D eigenvalue weighted by Crippen LogP contribution is -2.49. The van der Waals surface area contributed by atoms with Crippen LogP contribution in [0.3, 0.4) is 0 Å². The van der Waals surface area contributed by atoms with E-state index in [1.165, 1.54) is 32.1 Å². The van der Waals surface area contributed by atoms with Crippen LogP contribution in [0.5, 0.6) is 0 Å². The fourth-order valence-corrected chi connectivity index (χ4v) is 7.32. The molecule has 0 aliphatic heterocycles. The summed E-state index contributed by atoms with van der Waals surface area (Å²) in [6.07, 6.45) is 7.67. The molecule has 0 unspecified atom stereocenters. The predicted molar refractivity (Wildman–Crippen MR) is 99.4 cm³/mol. The maximum atomic E-state index is 11.5. The first-order valence-electron chi connectivity index (χ1n) is 9.78. The highest BCUT2D eigenvalue weighted by molar-refractivity contribution is 6.74. The second-order valence-corrected chi connectivity index (χ2v) is 15.1. The summed E-state index contributed by atoms with van der Waals surface area (Å²) in [6, 6.07) is 0. The smallest absolute Gasteiger partial charge is 0.302 e. The number of carbonyl (C=O) groups is 1. The molecule has 0 saturated heterocycles. The zero-order chi connectivity index (χ0) is 18.0. The lowest BCUT2D eigenvalue weighted by molar-refractivity contribution is -0.149. The Morgan fingerprint density at radius 1 is 1.08 bits per heavy atom. The number of esters is 1. The minimum Gasteiger partial charge on any atom is -0.462 e. The van der Waals surface area contributed by atoms with Crippen LogP contribution in [0.15, 0.2) is 0 Å². The van der Waals surface area contributed by atoms with Gasteiger partial charge in [0.2, 0.25) is 0 Å². The van der Waals surface area contributed by atoms with Crippen LogP contribution in [0.25, 0.3) is 0 Å². The second kappa shape index (κ2) is 5.57. The summed E-state index contributed by atoms with van der Waals surface area (Å²) in [6.45, 7) is 15.8. The minimum absolute atomic E-state index is 0.113. The van der Waals surface area contributed by atoms with Gasteiger partial charge < -0.3 is 9.16 Å². The van der Waals surface area contributed by atoms with E-state index in [0.29, 0.717) is 17.4 Å². The van der Waals surface area contributed by atoms with Crippen LogP contribution in [0.1, 0.15) is 73.1 Å². The molecule has 4 heteroatoms. The van der Waals surface area contributed by atoms with Crippen molar-refractivity contribution in [3.8, 4) is 0 Å². The monoisotopic (exact) mass is 352 g/mol. The van der Waals surface area contributed by atoms with E-state index in [2.05, 4.69) is 40.8 Å². The Morgan fingerprint density at radius 2 is 1.71 bits per heavy atom. The van der Waals surface area contributed by atoms with Gasteiger partial charge in [0.05, 0.1) is 6.10 Å². The molecule has 24 heavy (non-hydrogen) atoms. The zero-order valence-corrected chi connectivity index (χ0v) is 17.7. The molecule has 1 spiro atoms. The Bertz CT molecular complexity index is 523. The average Bonchev–Trinajstić information content (AvgIpc) is 2.99. The van der Waals surface area contributed by atoms with E-state index in [-0.39, 0.29) is 22.5 Å². The van der Waals surface area contributed by atoms with Crippen LogP contribution in [0.4, 0.5) is 0 Å². The molecule has 3 saturated carbocycles. The van der Waals surface area contributed by atoms with E-state index in [1.807, 2.05) is 0 Å². The van der Waals surface area contributed by atoms with Gasteiger partial charge in [-0.15, -0.1) is 0 Å². The largest absolute Gasteiger partial charge is 0.462 e. The SMILES string of the molecule is CC(=O)O[C@@H]1CC[C@@]23CC[C@H](O[Si](C)(C)C(C)(C)C)[C@]2(C)CC[C@@H]13. The van der Waals surface area contributed by atoms with E-state index in [0.717, 1.165) is 6.42 Å². The van der Waals surface area contributed by atoms with Crippen molar-refractivity contribution < 1.29 is 14.0 Å². The maximum Gasteiger partial charge on any atom is 0.302 e. The summed E-state index contributed by atoms with van der Waals surface area (Å²) in [4.78, 5) is 11.5. The van der Waals surface area contributed by atoms with Gasteiger partial charge in [-0.1, -0.05) is 27.7 Å². The molecular formula is C20H36O3Si. The summed E-state index contributed by atoms with van der Waals surface area (Å²) < 4.78 is 12.6. The van der Waals surface area contributed by atoms with Gasteiger partial charge in [-0.2, -0.15) is 0 Å². The molecular weight excluding hydrogens is 316 g/mol. The summed E-state index contributed by atoms with van der Waals surface area (Å²) in [5.74, 6) is 0.442. The van der Waals surface area contributed by atoms with Crippen molar-refractivity contribution in [2.24, 2.45) is 16.7 Å². The molecule has 0 bridgehead atoms. The molecule has 0 aromatic heterocycles. The summed E-state index contributed by atoms with van der Waals surface area (Å²) >= 11 is 0. The quantitative estimate of drug-likeness (QED) is 0.511. The molecule has 0 aromatic rings. The Hall–Kier alpha value is -0.353. The number of ether oxygens (including phenoxy) is 1. The highest BCUT2D eigenvalue weighted by Gasteiger charge is 2.69. The Morgan fingerprint density at radius 3 is 2.29 bits per heavy atom. The van der Waals surface area contributed by atoms with Gasteiger partial charge in [-0.3, -0.25) is 4.79 Å². The summed E-state index contributed by atoms with van der Waals surface area (Å²) in [5, 5.41) is 0.257. The molecule has 3 rings (SSSR count). The molecule has 3 aliphatic rings. The van der Waals surface area contributed by atoms with Crippen molar-refractivity contribution >= 4 is 14.3 Å². The normalized spacial score (nSPS) is 42.0. The third kappa shape index (κ3) is 2.51. The van der Waals surface area contributed by atoms with Gasteiger partial charge in [-0.25, -0.2) is 0 Å². The van der Waals surface area contributed by atoms with E-state index in [4.69, 9.17) is 9.16 Å². The highest BCUT2D eigenvalue weighted by atomic mass is 28.4. The van der Waals surface area contributed by atoms with E-state index in [1.54, 1.807) is 6.92 Å². The molecule has 3 aliphatic carbocycles. The van der Waals surface area contributed by atoms with Gasteiger partial charge in [0, 0.05) is 12.8 Å². The topological polar surface area (TPSA) is 35.5 Å². The van der Waals surface area contributed by atoms with Crippen LogP contribution in [0.2, 0.25) is 18.1 Å². The van der Waals surface area contributed by atoms with Crippen LogP contribution >= 0.6 is 0 Å². The molecule has 0 heterocycles. The van der Waals surface area contributed by atoms with Gasteiger partial charge in [0.25, 0.3) is 0 Å². The Labute approximate surface area is 149 Å². The van der Waals surface area contributed by atoms with Crippen molar-refractivity contribution in [3.63, 3.8) is 0 Å². The van der Waals surface area contributed by atoms with Crippen LogP contribution in [0, 0.1) is 16.7 Å². The number of hydrogen-bond acceptors (Lipinski definition) is 3. The predicted octanol–water partition coefficient (Wildman–Crippen LogP) is 5.30. The van der Waals surface area contributed by atoms with E-state index in [9.17, 15) is 4.79 Å². The standard InChI is InChI=1S/C20H36O3Si/c1-14(21)22-16-9-12-20-13-10-17(19(20,5)11-8-15(16)20)23-24(6,7)18(2,3)4/h15-17H,8-13H2,1-7H3/t15-,16+,17-,19-,20-/m0/s1. The van der Waals surface area contributed by atoms with E-state index < -0.39 is 8.32 Å². The molecule has 3 fully saturated rings. The first-order valence-corrected chi connectivity index (χ1v) is 12.7. The summed E-state index contributed by atoms with van der Waals surface area (Å²) in [5.41, 5.74) is 0.613. The lowest BCUT2D eigenvalue weighted by atomic mass is 9.66. The fraction of sp³-hybridized carbons (Fsp3) is 0.950. The molecule has 0 amide bonds. The van der Waals surface area contributed by atoms with Crippen LogP contribution in [-0.2, 0) is 14.0 Å². The van der Waals surface area contributed by atoms with Crippen molar-refractivity contribution in [3.05, 3.63) is 0 Å². The first kappa shape index (κ1) is 18.4. The van der Waals surface area contributed by atoms with Crippen molar-refractivity contribution in [1.29, 1.82) is 0 Å². The lowest BCUT2D eigenvalue weighted by Gasteiger charge is -2.46.